The van der Waals surface area contributed by atoms with E-state index in [1.54, 1.807) is 13.2 Å². The Morgan fingerprint density at radius 2 is 1.29 bits per heavy atom. The van der Waals surface area contributed by atoms with Gasteiger partial charge in [0.25, 0.3) is 5.88 Å². The number of nitrogens with zero attached hydrogens (tertiary/aromatic N) is 1. The Morgan fingerprint density at radius 1 is 0.679 bits per heavy atom. The van der Waals surface area contributed by atoms with Crippen LogP contribution in [0.2, 0.25) is 0 Å². The number of pyridine rings is 1. The van der Waals surface area contributed by atoms with E-state index in [0.717, 1.165) is 5.56 Å². The van der Waals surface area contributed by atoms with Crippen LogP contribution < -0.4 is 23.7 Å². The number of rotatable bonds is 5. The minimum Gasteiger partial charge on any atom is -0.492 e. The van der Waals surface area contributed by atoms with Gasteiger partial charge in [0.1, 0.15) is 5.69 Å². The average molecular weight is 381 g/mol. The third-order valence-corrected chi connectivity index (χ3v) is 4.90. The number of hydrogen-bond donors (Lipinski definition) is 0. The Balaban J connectivity index is 2.36. The van der Waals surface area contributed by atoms with Gasteiger partial charge >= 0.3 is 0 Å². The van der Waals surface area contributed by atoms with E-state index >= 15 is 0 Å². The molecule has 0 radical (unpaired) electrons. The third-order valence-electron chi connectivity index (χ3n) is 4.90. The van der Waals surface area contributed by atoms with Gasteiger partial charge in [-0.05, 0) is 5.56 Å². The lowest BCUT2D eigenvalue weighted by Gasteiger charge is -2.26. The van der Waals surface area contributed by atoms with Crippen molar-refractivity contribution in [2.24, 2.45) is 0 Å². The van der Waals surface area contributed by atoms with Crippen LogP contribution in [0.25, 0.3) is 21.9 Å². The van der Waals surface area contributed by atoms with Crippen LogP contribution in [0.4, 0.5) is 0 Å². The normalized spacial score (nSPS) is 11.8. The Morgan fingerprint density at radius 3 is 1.86 bits per heavy atom. The minimum atomic E-state index is -0.205. The molecule has 7 heteroatoms. The van der Waals surface area contributed by atoms with Crippen molar-refractivity contribution >= 4 is 16.6 Å². The minimum absolute atomic E-state index is 0.189. The number of ether oxygens (including phenoxy) is 5. The highest BCUT2D eigenvalue weighted by Gasteiger charge is 2.36. The van der Waals surface area contributed by atoms with Crippen molar-refractivity contribution < 1.29 is 28.5 Å². The molecule has 144 valence electrons. The monoisotopic (exact) mass is 381 g/mol. The molecule has 0 bridgehead atoms. The first-order valence-electron chi connectivity index (χ1n) is 8.54. The summed E-state index contributed by atoms with van der Waals surface area (Å²) in [6.07, 6.45) is 0. The second-order valence-electron chi connectivity index (χ2n) is 6.10. The molecule has 4 rings (SSSR count). The fraction of sp³-hybridized carbons (Fsp3) is 0.238. The van der Waals surface area contributed by atoms with Crippen molar-refractivity contribution in [2.45, 2.75) is 0 Å². The lowest BCUT2D eigenvalue weighted by molar-refractivity contribution is 0.103. The maximum atomic E-state index is 13.2. The topological polar surface area (TPSA) is 76.1 Å². The molecule has 1 aromatic heterocycles. The Hall–Kier alpha value is -3.48. The van der Waals surface area contributed by atoms with Gasteiger partial charge in [-0.25, -0.2) is 4.98 Å². The maximum absolute atomic E-state index is 13.2. The number of hydrogen-bond acceptors (Lipinski definition) is 7. The highest BCUT2D eigenvalue weighted by molar-refractivity contribution is 6.28. The van der Waals surface area contributed by atoms with Gasteiger partial charge in [0.15, 0.2) is 17.2 Å². The predicted molar refractivity (Wildman–Crippen MR) is 103 cm³/mol. The van der Waals surface area contributed by atoms with Gasteiger partial charge in [-0.2, -0.15) is 0 Å². The second kappa shape index (κ2) is 6.60. The fourth-order valence-corrected chi connectivity index (χ4v) is 3.80. The smallest absolute Gasteiger partial charge is 0.258 e. The first-order chi connectivity index (χ1) is 13.6. The largest absolute Gasteiger partial charge is 0.492 e. The van der Waals surface area contributed by atoms with Crippen LogP contribution >= 0.6 is 0 Å². The fourth-order valence-electron chi connectivity index (χ4n) is 3.80. The molecule has 7 nitrogen and oxygen atoms in total. The lowest BCUT2D eigenvalue weighted by atomic mass is 9.84. The van der Waals surface area contributed by atoms with E-state index in [4.69, 9.17) is 23.7 Å². The Kier molecular flexibility index (Phi) is 4.22. The molecule has 0 saturated heterocycles. The van der Waals surface area contributed by atoms with E-state index < -0.39 is 0 Å². The van der Waals surface area contributed by atoms with Crippen molar-refractivity contribution in [3.05, 3.63) is 35.5 Å². The summed E-state index contributed by atoms with van der Waals surface area (Å²) in [6.45, 7) is 0. The molecular formula is C21H19NO6. The van der Waals surface area contributed by atoms with Gasteiger partial charge in [0.05, 0.1) is 40.9 Å². The molecule has 0 amide bonds. The van der Waals surface area contributed by atoms with Gasteiger partial charge < -0.3 is 23.7 Å². The van der Waals surface area contributed by atoms with E-state index in [2.05, 4.69) is 4.98 Å². The van der Waals surface area contributed by atoms with Crippen LogP contribution in [0.15, 0.2) is 24.3 Å². The third kappa shape index (κ3) is 2.16. The molecule has 1 heterocycles. The van der Waals surface area contributed by atoms with Crippen molar-refractivity contribution in [1.29, 1.82) is 0 Å². The number of methoxy groups -OCH3 is 5. The number of benzene rings is 2. The predicted octanol–water partition coefficient (Wildman–Crippen LogP) is 3.49. The summed E-state index contributed by atoms with van der Waals surface area (Å²) < 4.78 is 28.0. The number of ketones is 1. The molecule has 0 unspecified atom stereocenters. The highest BCUT2D eigenvalue weighted by atomic mass is 16.5. The van der Waals surface area contributed by atoms with Crippen LogP contribution in [0, 0.1) is 0 Å². The Labute approximate surface area is 161 Å². The quantitative estimate of drug-likeness (QED) is 0.524. The molecule has 0 fully saturated rings. The zero-order chi connectivity index (χ0) is 20.0. The average Bonchev–Trinajstić information content (AvgIpc) is 2.74. The lowest BCUT2D eigenvalue weighted by Crippen LogP contribution is -2.15. The summed E-state index contributed by atoms with van der Waals surface area (Å²) >= 11 is 0. The molecule has 2 aromatic carbocycles. The van der Waals surface area contributed by atoms with Crippen LogP contribution in [0.5, 0.6) is 28.9 Å². The number of fused-ring (bicyclic) bond motifs is 2. The van der Waals surface area contributed by atoms with Crippen molar-refractivity contribution in [3.8, 4) is 40.0 Å². The summed E-state index contributed by atoms with van der Waals surface area (Å²) in [6, 6.07) is 7.32. The van der Waals surface area contributed by atoms with Crippen molar-refractivity contribution in [1.82, 2.24) is 4.98 Å². The van der Waals surface area contributed by atoms with E-state index in [-0.39, 0.29) is 17.4 Å². The summed E-state index contributed by atoms with van der Waals surface area (Å²) in [5.74, 6) is 1.57. The van der Waals surface area contributed by atoms with Crippen LogP contribution in [0.3, 0.4) is 0 Å². The van der Waals surface area contributed by atoms with Gasteiger partial charge in [-0.1, -0.05) is 24.3 Å². The van der Waals surface area contributed by atoms with Gasteiger partial charge in [0, 0.05) is 16.5 Å². The van der Waals surface area contributed by atoms with Gasteiger partial charge in [0.2, 0.25) is 11.5 Å². The molecule has 3 aromatic rings. The first-order valence-corrected chi connectivity index (χ1v) is 8.54. The Bertz CT molecular complexity index is 1120. The first kappa shape index (κ1) is 17.9. The molecule has 1 aliphatic rings. The summed E-state index contributed by atoms with van der Waals surface area (Å²) in [5.41, 5.74) is 2.22. The molecule has 0 saturated carbocycles. The molecule has 28 heavy (non-hydrogen) atoms. The van der Waals surface area contributed by atoms with Crippen molar-refractivity contribution in [3.63, 3.8) is 0 Å². The van der Waals surface area contributed by atoms with E-state index in [1.165, 1.54) is 28.4 Å². The van der Waals surface area contributed by atoms with Gasteiger partial charge in [-0.15, -0.1) is 0 Å². The number of carbonyl (C=O) groups is 1. The van der Waals surface area contributed by atoms with E-state index in [9.17, 15) is 4.79 Å². The molecule has 0 aliphatic heterocycles. The van der Waals surface area contributed by atoms with Gasteiger partial charge in [-0.3, -0.25) is 4.79 Å². The van der Waals surface area contributed by atoms with Crippen LogP contribution in [-0.4, -0.2) is 46.3 Å². The molecule has 0 atom stereocenters. The summed E-state index contributed by atoms with van der Waals surface area (Å²) in [7, 11) is 7.58. The zero-order valence-corrected chi connectivity index (χ0v) is 16.2. The van der Waals surface area contributed by atoms with Crippen LogP contribution in [0.1, 0.15) is 16.1 Å². The molecule has 0 N–H and O–H groups in total. The van der Waals surface area contributed by atoms with Crippen LogP contribution in [-0.2, 0) is 0 Å². The highest BCUT2D eigenvalue weighted by Crippen LogP contribution is 2.57. The van der Waals surface area contributed by atoms with Crippen molar-refractivity contribution in [2.75, 3.05) is 35.5 Å². The molecular weight excluding hydrogens is 362 g/mol. The van der Waals surface area contributed by atoms with E-state index in [0.29, 0.717) is 44.9 Å². The standard InChI is InChI=1S/C21H19NO6/c1-24-17-12-10-8-6-7-9-11(10)16(23)15-13(12)14(18(25-2)20(17)27-4)19(26-3)21(22-15)28-5/h6-9H,1-5H3. The maximum Gasteiger partial charge on any atom is 0.258 e. The molecule has 1 aliphatic carbocycles. The summed E-state index contributed by atoms with van der Waals surface area (Å²) in [5, 5.41) is 1.12. The number of carbonyl (C=O) groups excluding carboxylic acids is 1. The summed E-state index contributed by atoms with van der Waals surface area (Å²) in [4.78, 5) is 17.7. The SMILES string of the molecule is COc1nc2c3c(c(OC)c(OC)c(OC)c3c1OC)-c1ccccc1C2=O. The van der Waals surface area contributed by atoms with E-state index in [1.807, 2.05) is 18.2 Å². The zero-order valence-electron chi connectivity index (χ0n) is 16.2. The number of aromatic nitrogens is 1. The molecule has 0 spiro atoms. The second-order valence-corrected chi connectivity index (χ2v) is 6.10.